The molecule has 0 bridgehead atoms. The number of nitrogens with zero attached hydrogens (tertiary/aromatic N) is 1. The molecule has 1 heterocycles. The summed E-state index contributed by atoms with van der Waals surface area (Å²) < 4.78 is 29.9. The first kappa shape index (κ1) is 17.7. The lowest BCUT2D eigenvalue weighted by Gasteiger charge is -2.33. The van der Waals surface area contributed by atoms with E-state index < -0.39 is 0 Å². The van der Waals surface area contributed by atoms with Gasteiger partial charge in [0.1, 0.15) is 5.75 Å². The summed E-state index contributed by atoms with van der Waals surface area (Å²) in [6.45, 7) is 3.09. The van der Waals surface area contributed by atoms with Gasteiger partial charge in [0.2, 0.25) is 0 Å². The van der Waals surface area contributed by atoms with Gasteiger partial charge in [-0.15, -0.1) is 0 Å². The van der Waals surface area contributed by atoms with Gasteiger partial charge in [0, 0.05) is 19.6 Å². The quantitative estimate of drug-likeness (QED) is 0.804. The Morgan fingerprint density at radius 2 is 1.84 bits per heavy atom. The molecule has 25 heavy (non-hydrogen) atoms. The lowest BCUT2D eigenvalue weighted by Crippen LogP contribution is -2.42. The third-order valence-corrected chi connectivity index (χ3v) is 4.47. The second-order valence-electron chi connectivity index (χ2n) is 6.25. The number of methoxy groups -OCH3 is 2. The highest BCUT2D eigenvalue weighted by Crippen LogP contribution is 2.20. The Morgan fingerprint density at radius 3 is 2.52 bits per heavy atom. The third kappa shape index (κ3) is 4.71. The second kappa shape index (κ2) is 8.32. The first-order valence-corrected chi connectivity index (χ1v) is 8.47. The minimum Gasteiger partial charge on any atom is -0.497 e. The predicted molar refractivity (Wildman–Crippen MR) is 94.7 cm³/mol. The van der Waals surface area contributed by atoms with Crippen LogP contribution in [0, 0.1) is 5.82 Å². The van der Waals surface area contributed by atoms with Crippen LogP contribution in [0.1, 0.15) is 11.1 Å². The molecule has 1 aliphatic rings. The lowest BCUT2D eigenvalue weighted by molar-refractivity contribution is -0.0305. The van der Waals surface area contributed by atoms with Crippen molar-refractivity contribution in [2.75, 3.05) is 33.9 Å². The molecule has 3 rings (SSSR count). The van der Waals surface area contributed by atoms with E-state index in [0.717, 1.165) is 30.8 Å². The molecule has 1 fully saturated rings. The van der Waals surface area contributed by atoms with Crippen molar-refractivity contribution in [2.45, 2.75) is 19.1 Å². The van der Waals surface area contributed by atoms with Crippen LogP contribution < -0.4 is 9.47 Å². The summed E-state index contributed by atoms with van der Waals surface area (Å²) in [5, 5.41) is 0. The molecule has 1 atom stereocenters. The van der Waals surface area contributed by atoms with Crippen molar-refractivity contribution < 1.29 is 18.6 Å². The van der Waals surface area contributed by atoms with Crippen molar-refractivity contribution in [3.05, 3.63) is 59.4 Å². The average molecular weight is 345 g/mol. The number of morpholine rings is 1. The molecule has 2 aromatic carbocycles. The summed E-state index contributed by atoms with van der Waals surface area (Å²) in [6, 6.07) is 13.2. The summed E-state index contributed by atoms with van der Waals surface area (Å²) in [5.74, 6) is 0.822. The fourth-order valence-electron chi connectivity index (χ4n) is 3.14. The minimum atomic E-state index is -0.317. The first-order valence-electron chi connectivity index (χ1n) is 8.47. The van der Waals surface area contributed by atoms with Gasteiger partial charge in [0.15, 0.2) is 11.6 Å². The molecular weight excluding hydrogens is 321 g/mol. The largest absolute Gasteiger partial charge is 0.497 e. The van der Waals surface area contributed by atoms with E-state index in [2.05, 4.69) is 17.0 Å². The maximum atomic E-state index is 13.9. The van der Waals surface area contributed by atoms with Crippen LogP contribution in [0.4, 0.5) is 4.39 Å². The molecule has 2 aromatic rings. The Hall–Kier alpha value is -2.11. The fourth-order valence-corrected chi connectivity index (χ4v) is 3.14. The van der Waals surface area contributed by atoms with Gasteiger partial charge in [-0.05, 0) is 41.8 Å². The molecular formula is C20H24FNO3. The zero-order valence-corrected chi connectivity index (χ0v) is 14.7. The monoisotopic (exact) mass is 345 g/mol. The van der Waals surface area contributed by atoms with Crippen LogP contribution in [0.3, 0.4) is 0 Å². The van der Waals surface area contributed by atoms with Gasteiger partial charge in [-0.25, -0.2) is 4.39 Å². The van der Waals surface area contributed by atoms with E-state index in [0.29, 0.717) is 13.2 Å². The summed E-state index contributed by atoms with van der Waals surface area (Å²) in [5.41, 5.74) is 2.17. The van der Waals surface area contributed by atoms with E-state index in [1.54, 1.807) is 19.2 Å². The Balaban J connectivity index is 1.57. The zero-order chi connectivity index (χ0) is 17.6. The van der Waals surface area contributed by atoms with Crippen molar-refractivity contribution in [1.29, 1.82) is 0 Å². The SMILES string of the molecule is COc1ccc(CC2CN(Cc3ccc(OC)c(F)c3)CCO2)cc1. The standard InChI is InChI=1S/C20H24FNO3/c1-23-17-6-3-15(4-7-17)11-18-14-22(9-10-25-18)13-16-5-8-20(24-2)19(21)12-16/h3-8,12,18H,9-11,13-14H2,1-2H3. The van der Waals surface area contributed by atoms with E-state index in [4.69, 9.17) is 14.2 Å². The zero-order valence-electron chi connectivity index (χ0n) is 14.7. The molecule has 1 saturated heterocycles. The maximum Gasteiger partial charge on any atom is 0.165 e. The van der Waals surface area contributed by atoms with Crippen LogP contribution in [0.25, 0.3) is 0 Å². The van der Waals surface area contributed by atoms with Crippen LogP contribution in [-0.2, 0) is 17.7 Å². The molecule has 4 nitrogen and oxygen atoms in total. The highest BCUT2D eigenvalue weighted by atomic mass is 19.1. The normalized spacial score (nSPS) is 18.1. The van der Waals surface area contributed by atoms with Crippen molar-refractivity contribution in [3.8, 4) is 11.5 Å². The van der Waals surface area contributed by atoms with Gasteiger partial charge in [0.05, 0.1) is 26.9 Å². The van der Waals surface area contributed by atoms with Crippen molar-refractivity contribution in [2.24, 2.45) is 0 Å². The summed E-state index contributed by atoms with van der Waals surface area (Å²) >= 11 is 0. The van der Waals surface area contributed by atoms with Crippen LogP contribution in [-0.4, -0.2) is 44.9 Å². The van der Waals surface area contributed by atoms with E-state index >= 15 is 0 Å². The van der Waals surface area contributed by atoms with Crippen molar-refractivity contribution in [1.82, 2.24) is 4.90 Å². The molecule has 134 valence electrons. The summed E-state index contributed by atoms with van der Waals surface area (Å²) in [6.07, 6.45) is 1.00. The van der Waals surface area contributed by atoms with Gasteiger partial charge in [-0.2, -0.15) is 0 Å². The fraction of sp³-hybridized carbons (Fsp3) is 0.400. The Bertz CT molecular complexity index is 690. The minimum absolute atomic E-state index is 0.144. The van der Waals surface area contributed by atoms with Gasteiger partial charge >= 0.3 is 0 Å². The van der Waals surface area contributed by atoms with E-state index in [1.165, 1.54) is 12.7 Å². The number of benzene rings is 2. The smallest absolute Gasteiger partial charge is 0.165 e. The number of halogens is 1. The number of hydrogen-bond acceptors (Lipinski definition) is 4. The second-order valence-corrected chi connectivity index (χ2v) is 6.25. The molecule has 5 heteroatoms. The molecule has 0 N–H and O–H groups in total. The molecule has 0 amide bonds. The molecule has 0 aliphatic carbocycles. The van der Waals surface area contributed by atoms with Crippen LogP contribution in [0.5, 0.6) is 11.5 Å². The number of hydrogen-bond donors (Lipinski definition) is 0. The first-order chi connectivity index (χ1) is 12.2. The number of rotatable bonds is 6. The highest BCUT2D eigenvalue weighted by molar-refractivity contribution is 5.29. The highest BCUT2D eigenvalue weighted by Gasteiger charge is 2.21. The summed E-state index contributed by atoms with van der Waals surface area (Å²) in [4.78, 5) is 2.30. The van der Waals surface area contributed by atoms with Crippen molar-refractivity contribution in [3.63, 3.8) is 0 Å². The van der Waals surface area contributed by atoms with Gasteiger partial charge < -0.3 is 14.2 Å². The average Bonchev–Trinajstić information content (AvgIpc) is 2.63. The van der Waals surface area contributed by atoms with E-state index in [-0.39, 0.29) is 17.7 Å². The molecule has 0 spiro atoms. The topological polar surface area (TPSA) is 30.9 Å². The Kier molecular flexibility index (Phi) is 5.89. The van der Waals surface area contributed by atoms with Crippen LogP contribution >= 0.6 is 0 Å². The van der Waals surface area contributed by atoms with E-state index in [1.807, 2.05) is 18.2 Å². The van der Waals surface area contributed by atoms with Gasteiger partial charge in [-0.3, -0.25) is 4.90 Å². The van der Waals surface area contributed by atoms with Crippen LogP contribution in [0.2, 0.25) is 0 Å². The molecule has 1 aliphatic heterocycles. The molecule has 0 radical (unpaired) electrons. The predicted octanol–water partition coefficient (Wildman–Crippen LogP) is 3.29. The molecule has 0 aromatic heterocycles. The van der Waals surface area contributed by atoms with Crippen molar-refractivity contribution >= 4 is 0 Å². The maximum absolute atomic E-state index is 13.9. The molecule has 0 saturated carbocycles. The molecule has 1 unspecified atom stereocenters. The van der Waals surface area contributed by atoms with Gasteiger partial charge in [0.25, 0.3) is 0 Å². The third-order valence-electron chi connectivity index (χ3n) is 4.47. The Morgan fingerprint density at radius 1 is 1.08 bits per heavy atom. The van der Waals surface area contributed by atoms with E-state index in [9.17, 15) is 4.39 Å². The van der Waals surface area contributed by atoms with Crippen LogP contribution in [0.15, 0.2) is 42.5 Å². The van der Waals surface area contributed by atoms with Gasteiger partial charge in [-0.1, -0.05) is 18.2 Å². The Labute approximate surface area is 148 Å². The summed E-state index contributed by atoms with van der Waals surface area (Å²) in [7, 11) is 3.14. The number of ether oxygens (including phenoxy) is 3. The lowest BCUT2D eigenvalue weighted by atomic mass is 10.1.